The number of fused-ring (bicyclic) bond motifs is 1. The number of thiol groups is 1. The highest BCUT2D eigenvalue weighted by molar-refractivity contribution is 7.83. The van der Waals surface area contributed by atoms with E-state index in [9.17, 15) is 8.60 Å². The van der Waals surface area contributed by atoms with Crippen LogP contribution in [-0.4, -0.2) is 40.8 Å². The van der Waals surface area contributed by atoms with Crippen molar-refractivity contribution < 1.29 is 13.3 Å². The van der Waals surface area contributed by atoms with Gasteiger partial charge in [0, 0.05) is 55.4 Å². The number of methoxy groups -OCH3 is 1. The van der Waals surface area contributed by atoms with Gasteiger partial charge in [-0.05, 0) is 59.7 Å². The Kier molecular flexibility index (Phi) is 5.63. The number of rotatable bonds is 6. The molecule has 2 fully saturated rings. The molecule has 5 rings (SSSR count). The molecule has 2 aromatic carbocycles. The first-order valence-corrected chi connectivity index (χ1v) is 12.1. The molecule has 31 heavy (non-hydrogen) atoms. The zero-order valence-electron chi connectivity index (χ0n) is 17.6. The molecule has 5 nitrogen and oxygen atoms in total. The van der Waals surface area contributed by atoms with Gasteiger partial charge in [-0.2, -0.15) is 0 Å². The van der Waals surface area contributed by atoms with E-state index in [4.69, 9.17) is 4.74 Å². The van der Waals surface area contributed by atoms with E-state index in [-0.39, 0.29) is 11.6 Å². The molecule has 2 aliphatic rings. The Balaban J connectivity index is 1.40. The third-order valence-corrected chi connectivity index (χ3v) is 8.31. The van der Waals surface area contributed by atoms with Crippen LogP contribution in [0.2, 0.25) is 0 Å². The summed E-state index contributed by atoms with van der Waals surface area (Å²) in [6.45, 7) is 1.73. The van der Waals surface area contributed by atoms with Gasteiger partial charge < -0.3 is 10.1 Å². The molecule has 0 amide bonds. The Hall–Kier alpha value is -2.51. The van der Waals surface area contributed by atoms with Crippen molar-refractivity contribution in [2.24, 2.45) is 0 Å². The van der Waals surface area contributed by atoms with Crippen LogP contribution >= 0.6 is 0 Å². The number of anilines is 1. The zero-order chi connectivity index (χ0) is 21.4. The Morgan fingerprint density at radius 1 is 1.10 bits per heavy atom. The van der Waals surface area contributed by atoms with E-state index < -0.39 is 11.0 Å². The number of ether oxygens (including phenoxy) is 1. The second-order valence-electron chi connectivity index (χ2n) is 8.38. The van der Waals surface area contributed by atoms with Crippen LogP contribution < -0.4 is 10.1 Å². The lowest BCUT2D eigenvalue weighted by Crippen LogP contribution is -2.40. The molecular weight excluding hydrogens is 413 g/mol. The fourth-order valence-corrected chi connectivity index (χ4v) is 5.96. The molecule has 1 aliphatic carbocycles. The maximum atomic E-state index is 14.3. The highest BCUT2D eigenvalue weighted by atomic mass is 32.2. The van der Waals surface area contributed by atoms with Crippen molar-refractivity contribution >= 4 is 27.4 Å². The number of hydrogen-bond acceptors (Lipinski definition) is 4. The SMILES string of the molecule is COc1ccc(-c2cc(NC3CCN([SH+](=O)C4CC4)CC3)c3cnccc3c2)cc1F. The van der Waals surface area contributed by atoms with Crippen molar-refractivity contribution in [3.8, 4) is 16.9 Å². The number of pyridine rings is 1. The van der Waals surface area contributed by atoms with Gasteiger partial charge in [0.1, 0.15) is 16.2 Å². The van der Waals surface area contributed by atoms with E-state index in [2.05, 4.69) is 26.7 Å². The van der Waals surface area contributed by atoms with Gasteiger partial charge in [0.25, 0.3) is 0 Å². The minimum atomic E-state index is -1.20. The summed E-state index contributed by atoms with van der Waals surface area (Å²) in [5.41, 5.74) is 2.75. The third kappa shape index (κ3) is 4.29. The summed E-state index contributed by atoms with van der Waals surface area (Å²) in [5, 5.41) is 6.23. The number of piperidine rings is 1. The van der Waals surface area contributed by atoms with E-state index in [0.29, 0.717) is 11.3 Å². The molecule has 1 unspecified atom stereocenters. The first kappa shape index (κ1) is 20.4. The quantitative estimate of drug-likeness (QED) is 0.446. The van der Waals surface area contributed by atoms with Crippen molar-refractivity contribution in [2.75, 3.05) is 25.5 Å². The molecule has 2 heterocycles. The highest BCUT2D eigenvalue weighted by Gasteiger charge is 2.39. The van der Waals surface area contributed by atoms with E-state index in [1.54, 1.807) is 12.3 Å². The van der Waals surface area contributed by atoms with Crippen LogP contribution in [-0.2, 0) is 15.2 Å². The smallest absolute Gasteiger partial charge is 0.165 e. The van der Waals surface area contributed by atoms with Crippen molar-refractivity contribution in [1.29, 1.82) is 0 Å². The normalized spacial score (nSPS) is 18.8. The second-order valence-corrected chi connectivity index (χ2v) is 10.3. The van der Waals surface area contributed by atoms with Crippen molar-refractivity contribution in [2.45, 2.75) is 37.0 Å². The summed E-state index contributed by atoms with van der Waals surface area (Å²) in [6.07, 6.45) is 7.79. The second kappa shape index (κ2) is 8.55. The fraction of sp³-hybridized carbons (Fsp3) is 0.375. The van der Waals surface area contributed by atoms with Gasteiger partial charge in [-0.25, -0.2) is 4.39 Å². The Bertz CT molecular complexity index is 1130. The zero-order valence-corrected chi connectivity index (χ0v) is 18.4. The Morgan fingerprint density at radius 2 is 1.90 bits per heavy atom. The summed E-state index contributed by atoms with van der Waals surface area (Å²) >= 11 is 0. The Labute approximate surface area is 184 Å². The monoisotopic (exact) mass is 440 g/mol. The van der Waals surface area contributed by atoms with E-state index >= 15 is 0 Å². The highest BCUT2D eigenvalue weighted by Crippen LogP contribution is 2.34. The van der Waals surface area contributed by atoms with Crippen LogP contribution in [0.15, 0.2) is 48.8 Å². The average Bonchev–Trinajstić information content (AvgIpc) is 3.64. The third-order valence-electron chi connectivity index (χ3n) is 6.21. The summed E-state index contributed by atoms with van der Waals surface area (Å²) in [6, 6.07) is 11.5. The van der Waals surface area contributed by atoms with Crippen molar-refractivity contribution in [1.82, 2.24) is 9.29 Å². The van der Waals surface area contributed by atoms with Gasteiger partial charge in [-0.3, -0.25) is 4.98 Å². The van der Waals surface area contributed by atoms with Gasteiger partial charge in [-0.15, -0.1) is 4.31 Å². The van der Waals surface area contributed by atoms with Crippen LogP contribution in [0.1, 0.15) is 25.7 Å². The van der Waals surface area contributed by atoms with Crippen LogP contribution in [0.5, 0.6) is 5.75 Å². The molecular formula is C24H27FN3O2S+. The lowest BCUT2D eigenvalue weighted by atomic mass is 9.99. The molecule has 162 valence electrons. The molecule has 1 aliphatic heterocycles. The van der Waals surface area contributed by atoms with Crippen molar-refractivity contribution in [3.63, 3.8) is 0 Å². The molecule has 0 bridgehead atoms. The molecule has 1 N–H and O–H groups in total. The lowest BCUT2D eigenvalue weighted by Gasteiger charge is -2.29. The summed E-state index contributed by atoms with van der Waals surface area (Å²) in [4.78, 5) is 4.30. The molecule has 3 aromatic rings. The summed E-state index contributed by atoms with van der Waals surface area (Å²) in [7, 11) is 0.271. The molecule has 7 heteroatoms. The van der Waals surface area contributed by atoms with Gasteiger partial charge in [-0.1, -0.05) is 10.3 Å². The number of nitrogens with zero attached hydrogens (tertiary/aromatic N) is 2. The molecule has 0 radical (unpaired) electrons. The van der Waals surface area contributed by atoms with Gasteiger partial charge in [0.15, 0.2) is 11.6 Å². The van der Waals surface area contributed by atoms with Crippen LogP contribution in [0.25, 0.3) is 21.9 Å². The number of halogens is 1. The minimum absolute atomic E-state index is 0.239. The first-order chi connectivity index (χ1) is 15.1. The Morgan fingerprint density at radius 3 is 2.61 bits per heavy atom. The van der Waals surface area contributed by atoms with Crippen LogP contribution in [0, 0.1) is 5.82 Å². The topological polar surface area (TPSA) is 54.5 Å². The average molecular weight is 441 g/mol. The summed E-state index contributed by atoms with van der Waals surface area (Å²) < 4.78 is 34.0. The molecule has 1 saturated heterocycles. The molecule has 1 saturated carbocycles. The van der Waals surface area contributed by atoms with Gasteiger partial charge >= 0.3 is 0 Å². The maximum absolute atomic E-state index is 14.3. The minimum Gasteiger partial charge on any atom is -0.494 e. The number of nitrogens with one attached hydrogen (secondary N) is 1. The largest absolute Gasteiger partial charge is 0.494 e. The van der Waals surface area contributed by atoms with E-state index in [1.165, 1.54) is 13.2 Å². The first-order valence-electron chi connectivity index (χ1n) is 10.8. The van der Waals surface area contributed by atoms with Gasteiger partial charge in [0.05, 0.1) is 7.11 Å². The molecule has 1 aromatic heterocycles. The molecule has 1 atom stereocenters. The lowest BCUT2D eigenvalue weighted by molar-refractivity contribution is 0.342. The predicted octanol–water partition coefficient (Wildman–Crippen LogP) is 4.70. The standard InChI is InChI=1S/C24H26FN3O2S/c1-30-24-5-2-16(13-22(24)25)18-12-17-6-9-26-15-21(17)23(14-18)27-19-7-10-28(11-8-19)31(29)20-3-4-20/h2,5-6,9,12-15,19-20,27H,3-4,7-8,10-11H2,1H3/p+1. The number of aromatic nitrogens is 1. The van der Waals surface area contributed by atoms with Crippen LogP contribution in [0.4, 0.5) is 10.1 Å². The van der Waals surface area contributed by atoms with E-state index in [1.807, 2.05) is 18.3 Å². The predicted molar refractivity (Wildman–Crippen MR) is 124 cm³/mol. The van der Waals surface area contributed by atoms with Crippen LogP contribution in [0.3, 0.4) is 0 Å². The molecule has 0 spiro atoms. The fourth-order valence-electron chi connectivity index (χ4n) is 4.28. The van der Waals surface area contributed by atoms with Gasteiger partial charge in [0.2, 0.25) is 0 Å². The number of benzene rings is 2. The summed E-state index contributed by atoms with van der Waals surface area (Å²) in [5.74, 6) is -0.134. The maximum Gasteiger partial charge on any atom is 0.165 e. The number of hydrogen-bond donors (Lipinski definition) is 1. The van der Waals surface area contributed by atoms with Crippen molar-refractivity contribution in [3.05, 3.63) is 54.6 Å². The van der Waals surface area contributed by atoms with E-state index in [0.717, 1.165) is 66.4 Å².